The summed E-state index contributed by atoms with van der Waals surface area (Å²) >= 11 is 0. The van der Waals surface area contributed by atoms with E-state index in [1.807, 2.05) is 18.7 Å². The average Bonchev–Trinajstić information content (AvgIpc) is 2.54. The molecule has 0 aromatic heterocycles. The second kappa shape index (κ2) is 7.75. The van der Waals surface area contributed by atoms with Crippen LogP contribution in [0.4, 0.5) is 0 Å². The Hall–Kier alpha value is -1.14. The Balaban J connectivity index is 2.01. The largest absolute Gasteiger partial charge is 0.355 e. The quantitative estimate of drug-likeness (QED) is 0.754. The molecule has 0 spiro atoms. The molecule has 21 heavy (non-hydrogen) atoms. The number of carbonyl (C=O) groups is 2. The lowest BCUT2D eigenvalue weighted by molar-refractivity contribution is -0.141. The van der Waals surface area contributed by atoms with Crippen LogP contribution in [0.5, 0.6) is 0 Å². The molecule has 2 heterocycles. The second-order valence-corrected chi connectivity index (χ2v) is 5.91. The van der Waals surface area contributed by atoms with Gasteiger partial charge in [0.15, 0.2) is 0 Å². The summed E-state index contributed by atoms with van der Waals surface area (Å²) in [6.07, 6.45) is 3.41. The molecule has 2 unspecified atom stereocenters. The van der Waals surface area contributed by atoms with E-state index in [2.05, 4.69) is 15.5 Å². The Morgan fingerprint density at radius 1 is 1.24 bits per heavy atom. The topological polar surface area (TPSA) is 64.7 Å². The van der Waals surface area contributed by atoms with Gasteiger partial charge in [-0.1, -0.05) is 0 Å². The first-order chi connectivity index (χ1) is 10.1. The molecule has 2 aliphatic rings. The number of likely N-dealkylation sites (N-methyl/N-ethyl adjacent to an activating group) is 1. The summed E-state index contributed by atoms with van der Waals surface area (Å²) in [7, 11) is 0. The fourth-order valence-electron chi connectivity index (χ4n) is 3.24. The van der Waals surface area contributed by atoms with Gasteiger partial charge >= 0.3 is 0 Å². The van der Waals surface area contributed by atoms with Crippen molar-refractivity contribution in [3.63, 3.8) is 0 Å². The Morgan fingerprint density at radius 3 is 2.62 bits per heavy atom. The fraction of sp³-hybridized carbons (Fsp3) is 0.867. The van der Waals surface area contributed by atoms with Crippen LogP contribution < -0.4 is 10.6 Å². The van der Waals surface area contributed by atoms with Crippen molar-refractivity contribution in [2.45, 2.75) is 45.2 Å². The summed E-state index contributed by atoms with van der Waals surface area (Å²) in [4.78, 5) is 28.9. The van der Waals surface area contributed by atoms with Crippen LogP contribution >= 0.6 is 0 Å². The van der Waals surface area contributed by atoms with Crippen LogP contribution in [0.3, 0.4) is 0 Å². The number of hydrogen-bond donors (Lipinski definition) is 2. The lowest BCUT2D eigenvalue weighted by atomic mass is 10.1. The summed E-state index contributed by atoms with van der Waals surface area (Å²) in [5.74, 6) is 0.189. The van der Waals surface area contributed by atoms with E-state index in [1.165, 1.54) is 6.42 Å². The van der Waals surface area contributed by atoms with Gasteiger partial charge in [0.1, 0.15) is 6.04 Å². The predicted octanol–water partition coefficient (Wildman–Crippen LogP) is -0.203. The molecule has 2 aliphatic heterocycles. The first-order valence-corrected chi connectivity index (χ1v) is 8.18. The van der Waals surface area contributed by atoms with Gasteiger partial charge in [-0.05, 0) is 33.1 Å². The van der Waals surface area contributed by atoms with Crippen LogP contribution in [0.2, 0.25) is 0 Å². The molecule has 6 nitrogen and oxygen atoms in total. The van der Waals surface area contributed by atoms with Gasteiger partial charge < -0.3 is 15.5 Å². The van der Waals surface area contributed by atoms with Gasteiger partial charge in [-0.15, -0.1) is 0 Å². The van der Waals surface area contributed by atoms with Gasteiger partial charge in [-0.3, -0.25) is 14.5 Å². The van der Waals surface area contributed by atoms with Gasteiger partial charge in [0.25, 0.3) is 0 Å². The third-order valence-corrected chi connectivity index (χ3v) is 4.46. The summed E-state index contributed by atoms with van der Waals surface area (Å²) in [5.41, 5.74) is 0. The third-order valence-electron chi connectivity index (χ3n) is 4.46. The Labute approximate surface area is 127 Å². The van der Waals surface area contributed by atoms with E-state index < -0.39 is 0 Å². The van der Waals surface area contributed by atoms with Crippen LogP contribution in [0.1, 0.15) is 33.1 Å². The van der Waals surface area contributed by atoms with Crippen LogP contribution in [0.15, 0.2) is 0 Å². The smallest absolute Gasteiger partial charge is 0.239 e. The minimum Gasteiger partial charge on any atom is -0.355 e. The molecule has 2 N–H and O–H groups in total. The highest BCUT2D eigenvalue weighted by Gasteiger charge is 2.36. The molecule has 0 aromatic rings. The highest BCUT2D eigenvalue weighted by Crippen LogP contribution is 2.15. The van der Waals surface area contributed by atoms with Crippen molar-refractivity contribution in [1.29, 1.82) is 0 Å². The highest BCUT2D eigenvalue weighted by molar-refractivity contribution is 5.85. The standard InChI is InChI=1S/C15H28N4O2/c1-3-17-14(20)13-11-16-7-10-19(13)12(2)15(21)18-8-5-4-6-9-18/h12-13,16H,3-11H2,1-2H3,(H,17,20). The summed E-state index contributed by atoms with van der Waals surface area (Å²) in [6, 6.07) is -0.472. The maximum Gasteiger partial charge on any atom is 0.239 e. The molecule has 0 aromatic carbocycles. The molecule has 2 amide bonds. The van der Waals surface area contributed by atoms with Crippen molar-refractivity contribution in [3.8, 4) is 0 Å². The Bertz CT molecular complexity index is 369. The first-order valence-electron chi connectivity index (χ1n) is 8.18. The van der Waals surface area contributed by atoms with Crippen molar-refractivity contribution in [2.24, 2.45) is 0 Å². The number of carbonyl (C=O) groups excluding carboxylic acids is 2. The lowest BCUT2D eigenvalue weighted by Crippen LogP contribution is -2.63. The van der Waals surface area contributed by atoms with E-state index in [1.54, 1.807) is 0 Å². The van der Waals surface area contributed by atoms with E-state index in [4.69, 9.17) is 0 Å². The molecule has 2 atom stereocenters. The zero-order valence-corrected chi connectivity index (χ0v) is 13.2. The van der Waals surface area contributed by atoms with Crippen LogP contribution in [0.25, 0.3) is 0 Å². The van der Waals surface area contributed by atoms with Crippen molar-refractivity contribution in [1.82, 2.24) is 20.4 Å². The molecule has 0 bridgehead atoms. The number of hydrogen-bond acceptors (Lipinski definition) is 4. The average molecular weight is 296 g/mol. The molecule has 2 fully saturated rings. The summed E-state index contributed by atoms with van der Waals surface area (Å²) in [5, 5.41) is 6.12. The third kappa shape index (κ3) is 3.95. The fourth-order valence-corrected chi connectivity index (χ4v) is 3.24. The van der Waals surface area contributed by atoms with Gasteiger partial charge in [0.2, 0.25) is 11.8 Å². The summed E-state index contributed by atoms with van der Waals surface area (Å²) < 4.78 is 0. The number of nitrogens with one attached hydrogen (secondary N) is 2. The minimum atomic E-state index is -0.248. The number of piperazine rings is 1. The van der Waals surface area contributed by atoms with Crippen LogP contribution in [-0.4, -0.2) is 73.0 Å². The first kappa shape index (κ1) is 16.2. The highest BCUT2D eigenvalue weighted by atomic mass is 16.2. The molecule has 6 heteroatoms. The molecule has 0 aliphatic carbocycles. The van der Waals surface area contributed by atoms with E-state index >= 15 is 0 Å². The Kier molecular flexibility index (Phi) is 5.99. The zero-order valence-electron chi connectivity index (χ0n) is 13.2. The molecule has 2 saturated heterocycles. The molecule has 120 valence electrons. The lowest BCUT2D eigenvalue weighted by Gasteiger charge is -2.40. The van der Waals surface area contributed by atoms with Gasteiger partial charge in [-0.25, -0.2) is 0 Å². The molecule has 2 rings (SSSR count). The number of rotatable bonds is 4. The van der Waals surface area contributed by atoms with Crippen molar-refractivity contribution in [3.05, 3.63) is 0 Å². The van der Waals surface area contributed by atoms with Gasteiger partial charge in [0.05, 0.1) is 6.04 Å². The van der Waals surface area contributed by atoms with Gasteiger partial charge in [0, 0.05) is 39.3 Å². The number of likely N-dealkylation sites (tertiary alicyclic amines) is 1. The van der Waals surface area contributed by atoms with Crippen molar-refractivity contribution < 1.29 is 9.59 Å². The van der Waals surface area contributed by atoms with E-state index in [-0.39, 0.29) is 23.9 Å². The summed E-state index contributed by atoms with van der Waals surface area (Å²) in [6.45, 7) is 8.38. The van der Waals surface area contributed by atoms with Crippen LogP contribution in [-0.2, 0) is 9.59 Å². The number of nitrogens with zero attached hydrogens (tertiary/aromatic N) is 2. The Morgan fingerprint density at radius 2 is 1.95 bits per heavy atom. The van der Waals surface area contributed by atoms with E-state index in [0.29, 0.717) is 13.1 Å². The van der Waals surface area contributed by atoms with Crippen molar-refractivity contribution in [2.75, 3.05) is 39.3 Å². The molecule has 0 radical (unpaired) electrons. The maximum atomic E-state index is 12.7. The second-order valence-electron chi connectivity index (χ2n) is 5.91. The van der Waals surface area contributed by atoms with E-state index in [9.17, 15) is 9.59 Å². The maximum absolute atomic E-state index is 12.7. The van der Waals surface area contributed by atoms with Crippen LogP contribution in [0, 0.1) is 0 Å². The van der Waals surface area contributed by atoms with Crippen molar-refractivity contribution >= 4 is 11.8 Å². The van der Waals surface area contributed by atoms with Gasteiger partial charge in [-0.2, -0.15) is 0 Å². The monoisotopic (exact) mass is 296 g/mol. The number of amides is 2. The zero-order chi connectivity index (χ0) is 15.2. The predicted molar refractivity (Wildman–Crippen MR) is 81.9 cm³/mol. The molecular formula is C15H28N4O2. The number of piperidine rings is 1. The SMILES string of the molecule is CCNC(=O)C1CNCCN1C(C)C(=O)N1CCCCC1. The molecular weight excluding hydrogens is 268 g/mol. The minimum absolute atomic E-state index is 0.0167. The van der Waals surface area contributed by atoms with E-state index in [0.717, 1.165) is 39.0 Å². The molecule has 0 saturated carbocycles. The normalized spacial score (nSPS) is 25.4.